The van der Waals surface area contributed by atoms with Gasteiger partial charge < -0.3 is 4.90 Å². The van der Waals surface area contributed by atoms with Crippen molar-refractivity contribution in [1.29, 1.82) is 0 Å². The van der Waals surface area contributed by atoms with E-state index in [4.69, 9.17) is 0 Å². The smallest absolute Gasteiger partial charge is 0.243 e. The maximum Gasteiger partial charge on any atom is 0.243 e. The summed E-state index contributed by atoms with van der Waals surface area (Å²) in [5.41, 5.74) is 1.13. The summed E-state index contributed by atoms with van der Waals surface area (Å²) >= 11 is 1.61. The van der Waals surface area contributed by atoms with Crippen LogP contribution in [0.3, 0.4) is 0 Å². The minimum atomic E-state index is -3.88. The number of halogens is 2. The van der Waals surface area contributed by atoms with E-state index in [1.54, 1.807) is 11.3 Å². The van der Waals surface area contributed by atoms with Gasteiger partial charge >= 0.3 is 0 Å². The summed E-state index contributed by atoms with van der Waals surface area (Å²) in [6.07, 6.45) is 1.53. The average molecular weight is 424 g/mol. The topological polar surface area (TPSA) is 66.4 Å². The third-order valence-electron chi connectivity index (χ3n) is 5.01. The molecule has 4 rings (SSSR count). The van der Waals surface area contributed by atoms with Crippen molar-refractivity contribution in [3.63, 3.8) is 0 Å². The van der Waals surface area contributed by atoms with E-state index in [2.05, 4.69) is 9.97 Å². The van der Waals surface area contributed by atoms with Crippen molar-refractivity contribution in [3.05, 3.63) is 46.6 Å². The van der Waals surface area contributed by atoms with E-state index in [1.807, 2.05) is 18.7 Å². The number of sulfonamides is 1. The largest absolute Gasteiger partial charge is 0.353 e. The number of fused-ring (bicyclic) bond motifs is 1. The van der Waals surface area contributed by atoms with E-state index in [9.17, 15) is 17.2 Å². The van der Waals surface area contributed by atoms with E-state index >= 15 is 0 Å². The van der Waals surface area contributed by atoms with Crippen LogP contribution in [0.25, 0.3) is 10.2 Å². The van der Waals surface area contributed by atoms with Crippen LogP contribution in [-0.2, 0) is 10.0 Å². The Morgan fingerprint density at radius 1 is 1.04 bits per heavy atom. The molecule has 1 aromatic carbocycles. The lowest BCUT2D eigenvalue weighted by atomic mass is 10.2. The van der Waals surface area contributed by atoms with Crippen LogP contribution in [0.15, 0.2) is 29.4 Å². The minimum Gasteiger partial charge on any atom is -0.353 e. The Kier molecular flexibility index (Phi) is 4.80. The normalized spacial score (nSPS) is 16.1. The number of hydrogen-bond donors (Lipinski definition) is 0. The number of aromatic nitrogens is 2. The molecule has 28 heavy (non-hydrogen) atoms. The molecule has 0 amide bonds. The van der Waals surface area contributed by atoms with Gasteiger partial charge in [0.15, 0.2) is 11.6 Å². The Labute approximate surface area is 165 Å². The maximum absolute atomic E-state index is 13.5. The molecule has 2 aromatic heterocycles. The van der Waals surface area contributed by atoms with Crippen molar-refractivity contribution in [2.45, 2.75) is 18.7 Å². The van der Waals surface area contributed by atoms with Gasteiger partial charge in [-0.15, -0.1) is 11.3 Å². The molecule has 0 spiro atoms. The van der Waals surface area contributed by atoms with E-state index < -0.39 is 21.7 Å². The number of piperazine rings is 1. The monoisotopic (exact) mass is 424 g/mol. The van der Waals surface area contributed by atoms with Crippen molar-refractivity contribution in [2.75, 3.05) is 31.1 Å². The van der Waals surface area contributed by atoms with E-state index in [0.717, 1.165) is 39.8 Å². The third-order valence-corrected chi connectivity index (χ3v) is 8.02. The summed E-state index contributed by atoms with van der Waals surface area (Å²) in [5, 5.41) is 1.00. The molecule has 10 heteroatoms. The van der Waals surface area contributed by atoms with Crippen LogP contribution in [0.4, 0.5) is 14.6 Å². The SMILES string of the molecule is Cc1sc2ncnc(N3CCN(S(=O)(=O)c4ccc(F)c(F)c4)CC3)c2c1C. The zero-order chi connectivity index (χ0) is 20.1. The first-order chi connectivity index (χ1) is 13.3. The quantitative estimate of drug-likeness (QED) is 0.646. The van der Waals surface area contributed by atoms with Gasteiger partial charge in [0.2, 0.25) is 10.0 Å². The number of hydrogen-bond acceptors (Lipinski definition) is 6. The summed E-state index contributed by atoms with van der Waals surface area (Å²) in [5.74, 6) is -1.44. The lowest BCUT2D eigenvalue weighted by molar-refractivity contribution is 0.383. The summed E-state index contributed by atoms with van der Waals surface area (Å²) in [6, 6.07) is 2.64. The molecule has 3 aromatic rings. The summed E-state index contributed by atoms with van der Waals surface area (Å²) in [6.45, 7) is 5.43. The highest BCUT2D eigenvalue weighted by molar-refractivity contribution is 7.89. The molecule has 0 saturated carbocycles. The van der Waals surface area contributed by atoms with Crippen molar-refractivity contribution < 1.29 is 17.2 Å². The summed E-state index contributed by atoms with van der Waals surface area (Å²) in [7, 11) is -3.88. The molecule has 0 bridgehead atoms. The molecular weight excluding hydrogens is 406 g/mol. The van der Waals surface area contributed by atoms with Crippen LogP contribution in [0.1, 0.15) is 10.4 Å². The van der Waals surface area contributed by atoms with Crippen LogP contribution in [0.2, 0.25) is 0 Å². The lowest BCUT2D eigenvalue weighted by Gasteiger charge is -2.35. The molecule has 0 unspecified atom stereocenters. The fourth-order valence-electron chi connectivity index (χ4n) is 3.33. The fourth-order valence-corrected chi connectivity index (χ4v) is 5.76. The van der Waals surface area contributed by atoms with Crippen LogP contribution in [-0.4, -0.2) is 48.9 Å². The number of rotatable bonds is 3. The van der Waals surface area contributed by atoms with Gasteiger partial charge in [-0.25, -0.2) is 27.2 Å². The molecule has 1 aliphatic rings. The van der Waals surface area contributed by atoms with Crippen molar-refractivity contribution in [2.24, 2.45) is 0 Å². The Morgan fingerprint density at radius 2 is 1.75 bits per heavy atom. The minimum absolute atomic E-state index is 0.231. The number of benzene rings is 1. The summed E-state index contributed by atoms with van der Waals surface area (Å²) < 4.78 is 53.4. The van der Waals surface area contributed by atoms with Gasteiger partial charge in [-0.05, 0) is 37.6 Å². The number of aryl methyl sites for hydroxylation is 2. The molecule has 0 atom stereocenters. The molecule has 148 valence electrons. The highest BCUT2D eigenvalue weighted by Crippen LogP contribution is 2.34. The Hall–Kier alpha value is -2.17. The summed E-state index contributed by atoms with van der Waals surface area (Å²) in [4.78, 5) is 12.7. The second kappa shape index (κ2) is 7.02. The second-order valence-electron chi connectivity index (χ2n) is 6.63. The lowest BCUT2D eigenvalue weighted by Crippen LogP contribution is -2.49. The van der Waals surface area contributed by atoms with Crippen molar-refractivity contribution >= 4 is 37.4 Å². The maximum atomic E-state index is 13.5. The van der Waals surface area contributed by atoms with E-state index in [0.29, 0.717) is 13.1 Å². The first kappa shape index (κ1) is 19.2. The second-order valence-corrected chi connectivity index (χ2v) is 9.77. The highest BCUT2D eigenvalue weighted by Gasteiger charge is 2.30. The first-order valence-electron chi connectivity index (χ1n) is 8.70. The first-order valence-corrected chi connectivity index (χ1v) is 11.0. The van der Waals surface area contributed by atoms with E-state index in [1.165, 1.54) is 15.5 Å². The zero-order valence-corrected chi connectivity index (χ0v) is 16.9. The Balaban J connectivity index is 1.57. The number of anilines is 1. The molecule has 1 saturated heterocycles. The highest BCUT2D eigenvalue weighted by atomic mass is 32.2. The molecule has 0 radical (unpaired) electrons. The van der Waals surface area contributed by atoms with Gasteiger partial charge in [0.05, 0.1) is 10.3 Å². The molecule has 0 N–H and O–H groups in total. The van der Waals surface area contributed by atoms with Gasteiger partial charge in [-0.1, -0.05) is 0 Å². The van der Waals surface area contributed by atoms with E-state index in [-0.39, 0.29) is 18.0 Å². The third kappa shape index (κ3) is 3.15. The predicted octanol–water partition coefficient (Wildman–Crippen LogP) is 3.10. The van der Waals surface area contributed by atoms with Crippen LogP contribution < -0.4 is 4.90 Å². The number of thiophene rings is 1. The Bertz CT molecular complexity index is 1160. The molecule has 6 nitrogen and oxygen atoms in total. The van der Waals surface area contributed by atoms with Gasteiger partial charge in [0.1, 0.15) is 17.0 Å². The van der Waals surface area contributed by atoms with Crippen molar-refractivity contribution in [3.8, 4) is 0 Å². The average Bonchev–Trinajstić information content (AvgIpc) is 2.98. The predicted molar refractivity (Wildman–Crippen MR) is 104 cm³/mol. The zero-order valence-electron chi connectivity index (χ0n) is 15.3. The van der Waals surface area contributed by atoms with Gasteiger partial charge in [0, 0.05) is 31.1 Å². The van der Waals surface area contributed by atoms with Crippen LogP contribution >= 0.6 is 11.3 Å². The van der Waals surface area contributed by atoms with Crippen LogP contribution in [0, 0.1) is 25.5 Å². The molecule has 1 fully saturated rings. The Morgan fingerprint density at radius 3 is 2.43 bits per heavy atom. The van der Waals surface area contributed by atoms with Crippen LogP contribution in [0.5, 0.6) is 0 Å². The fraction of sp³-hybridized carbons (Fsp3) is 0.333. The molecule has 1 aliphatic heterocycles. The standard InChI is InChI=1S/C18H18F2N4O2S2/c1-11-12(2)27-18-16(11)17(21-10-22-18)23-5-7-24(8-6-23)28(25,26)13-3-4-14(19)15(20)9-13/h3-4,9-10H,5-8H2,1-2H3. The van der Waals surface area contributed by atoms with Gasteiger partial charge in [-0.2, -0.15) is 4.31 Å². The number of nitrogens with zero attached hydrogens (tertiary/aromatic N) is 4. The molecular formula is C18H18F2N4O2S2. The van der Waals surface area contributed by atoms with Gasteiger partial charge in [0.25, 0.3) is 0 Å². The van der Waals surface area contributed by atoms with Gasteiger partial charge in [-0.3, -0.25) is 0 Å². The van der Waals surface area contributed by atoms with Crippen molar-refractivity contribution in [1.82, 2.24) is 14.3 Å². The molecule has 3 heterocycles. The molecule has 0 aliphatic carbocycles.